The number of carbonyl (C=O) groups excluding carboxylic acids is 1. The van der Waals surface area contributed by atoms with Crippen LogP contribution >= 0.6 is 23.6 Å². The lowest BCUT2D eigenvalue weighted by molar-refractivity contribution is 0.168. The Morgan fingerprint density at radius 3 is 3.00 bits per heavy atom. The summed E-state index contributed by atoms with van der Waals surface area (Å²) < 4.78 is 8.83. The van der Waals surface area contributed by atoms with Gasteiger partial charge in [0.1, 0.15) is 0 Å². The van der Waals surface area contributed by atoms with Gasteiger partial charge < -0.3 is 4.74 Å². The number of aromatic nitrogens is 4. The van der Waals surface area contributed by atoms with Gasteiger partial charge in [0.15, 0.2) is 3.95 Å². The minimum atomic E-state index is -0.526. The molecule has 22 heavy (non-hydrogen) atoms. The largest absolute Gasteiger partial charge is 0.450 e. The summed E-state index contributed by atoms with van der Waals surface area (Å²) in [6.07, 6.45) is 3.26. The second-order valence-electron chi connectivity index (χ2n) is 4.70. The third kappa shape index (κ3) is 4.61. The molecule has 0 saturated heterocycles. The summed E-state index contributed by atoms with van der Waals surface area (Å²) in [5.41, 5.74) is 1.11. The van der Waals surface area contributed by atoms with E-state index in [1.807, 2.05) is 26.5 Å². The Morgan fingerprint density at radius 1 is 1.59 bits per heavy atom. The molecule has 0 aliphatic carbocycles. The Bertz CT molecular complexity index is 692. The van der Waals surface area contributed by atoms with E-state index in [4.69, 9.17) is 17.0 Å². The number of nitrogens with zero attached hydrogens (tertiary/aromatic N) is 5. The molecule has 0 aliphatic rings. The van der Waals surface area contributed by atoms with Crippen molar-refractivity contribution >= 4 is 34.8 Å². The fraction of sp³-hybridized carbons (Fsp3) is 0.500. The summed E-state index contributed by atoms with van der Waals surface area (Å²) in [4.78, 5) is 13.4. The summed E-state index contributed by atoms with van der Waals surface area (Å²) in [5, 5.41) is 11.4. The zero-order valence-electron chi connectivity index (χ0n) is 12.6. The maximum Gasteiger partial charge on any atom is 0.413 e. The van der Waals surface area contributed by atoms with Crippen molar-refractivity contribution in [1.82, 2.24) is 24.5 Å². The molecule has 0 saturated carbocycles. The van der Waals surface area contributed by atoms with E-state index in [1.54, 1.807) is 16.3 Å². The van der Waals surface area contributed by atoms with Crippen LogP contribution in [0.25, 0.3) is 0 Å². The fourth-order valence-electron chi connectivity index (χ4n) is 1.84. The summed E-state index contributed by atoms with van der Waals surface area (Å²) in [5.74, 6) is 0. The molecule has 1 N–H and O–H groups in total. The van der Waals surface area contributed by atoms with E-state index >= 15 is 0 Å². The first-order valence-corrected chi connectivity index (χ1v) is 7.88. The highest BCUT2D eigenvalue weighted by molar-refractivity contribution is 7.73. The summed E-state index contributed by atoms with van der Waals surface area (Å²) in [6.45, 7) is 3.31. The average molecular weight is 342 g/mol. The SMILES string of the molecule is CCOC(=O)Nc1nn(CN(C)Cc2cnn(C)c2)c(=S)s1. The van der Waals surface area contributed by atoms with Crippen LogP contribution in [-0.4, -0.2) is 44.2 Å². The second-order valence-corrected chi connectivity index (χ2v) is 6.32. The predicted molar refractivity (Wildman–Crippen MR) is 86.3 cm³/mol. The number of rotatable bonds is 6. The van der Waals surface area contributed by atoms with Gasteiger partial charge in [-0.15, -0.1) is 5.10 Å². The Morgan fingerprint density at radius 2 is 2.36 bits per heavy atom. The van der Waals surface area contributed by atoms with Crippen molar-refractivity contribution in [3.05, 3.63) is 21.9 Å². The number of hydrogen-bond acceptors (Lipinski definition) is 7. The Balaban J connectivity index is 1.96. The van der Waals surface area contributed by atoms with Crippen LogP contribution in [0, 0.1) is 3.95 Å². The van der Waals surface area contributed by atoms with Crippen LogP contribution in [0.15, 0.2) is 12.4 Å². The number of anilines is 1. The Labute approximate surface area is 137 Å². The van der Waals surface area contributed by atoms with Crippen molar-refractivity contribution in [2.45, 2.75) is 20.1 Å². The first-order valence-electron chi connectivity index (χ1n) is 6.65. The third-order valence-electron chi connectivity index (χ3n) is 2.68. The number of hydrogen-bond donors (Lipinski definition) is 1. The summed E-state index contributed by atoms with van der Waals surface area (Å²) in [6, 6.07) is 0. The Kier molecular flexibility index (Phi) is 5.63. The fourth-order valence-corrected chi connectivity index (χ4v) is 2.82. The molecule has 0 bridgehead atoms. The van der Waals surface area contributed by atoms with E-state index in [-0.39, 0.29) is 0 Å². The first kappa shape index (κ1) is 16.6. The first-order chi connectivity index (χ1) is 10.5. The lowest BCUT2D eigenvalue weighted by Gasteiger charge is -2.15. The van der Waals surface area contributed by atoms with Crippen LogP contribution in [0.5, 0.6) is 0 Å². The highest BCUT2D eigenvalue weighted by atomic mass is 32.1. The molecule has 0 radical (unpaired) electrons. The van der Waals surface area contributed by atoms with E-state index in [1.165, 1.54) is 11.3 Å². The average Bonchev–Trinajstić information content (AvgIpc) is 2.96. The molecule has 2 heterocycles. The van der Waals surface area contributed by atoms with Gasteiger partial charge in [-0.2, -0.15) is 5.10 Å². The van der Waals surface area contributed by atoms with Crippen LogP contribution in [0.3, 0.4) is 0 Å². The molecule has 1 amide bonds. The molecular weight excluding hydrogens is 324 g/mol. The quantitative estimate of drug-likeness (QED) is 0.810. The third-order valence-corrected chi connectivity index (χ3v) is 3.90. The van der Waals surface area contributed by atoms with Gasteiger partial charge in [-0.25, -0.2) is 9.48 Å². The van der Waals surface area contributed by atoms with Crippen LogP contribution in [0.4, 0.5) is 9.93 Å². The maximum atomic E-state index is 11.4. The molecule has 0 aromatic carbocycles. The van der Waals surface area contributed by atoms with Crippen molar-refractivity contribution < 1.29 is 9.53 Å². The smallest absolute Gasteiger partial charge is 0.413 e. The van der Waals surface area contributed by atoms with E-state index in [0.717, 1.165) is 12.1 Å². The molecule has 10 heteroatoms. The number of aryl methyl sites for hydroxylation is 1. The topological polar surface area (TPSA) is 77.2 Å². The molecule has 2 aromatic heterocycles. The molecule has 0 aliphatic heterocycles. The van der Waals surface area contributed by atoms with Crippen LogP contribution < -0.4 is 5.32 Å². The van der Waals surface area contributed by atoms with Crippen LogP contribution in [0.1, 0.15) is 12.5 Å². The minimum Gasteiger partial charge on any atom is -0.450 e. The molecule has 0 spiro atoms. The van der Waals surface area contributed by atoms with Crippen molar-refractivity contribution in [3.8, 4) is 0 Å². The Hall–Kier alpha value is -1.78. The van der Waals surface area contributed by atoms with Crippen molar-refractivity contribution in [1.29, 1.82) is 0 Å². The van der Waals surface area contributed by atoms with Gasteiger partial charge in [0.2, 0.25) is 5.13 Å². The van der Waals surface area contributed by atoms with Crippen molar-refractivity contribution in [2.24, 2.45) is 7.05 Å². The molecule has 120 valence electrons. The van der Waals surface area contributed by atoms with E-state index < -0.39 is 6.09 Å². The monoisotopic (exact) mass is 342 g/mol. The lowest BCUT2D eigenvalue weighted by Crippen LogP contribution is -2.22. The van der Waals surface area contributed by atoms with Gasteiger partial charge in [-0.1, -0.05) is 11.3 Å². The highest BCUT2D eigenvalue weighted by Crippen LogP contribution is 2.15. The normalized spacial score (nSPS) is 10.9. The van der Waals surface area contributed by atoms with Crippen molar-refractivity contribution in [2.75, 3.05) is 19.0 Å². The van der Waals surface area contributed by atoms with E-state index in [2.05, 4.69) is 20.4 Å². The van der Waals surface area contributed by atoms with Crippen molar-refractivity contribution in [3.63, 3.8) is 0 Å². The maximum absolute atomic E-state index is 11.4. The predicted octanol–water partition coefficient (Wildman–Crippen LogP) is 2.07. The number of carbonyl (C=O) groups is 1. The molecule has 2 aromatic rings. The zero-order chi connectivity index (χ0) is 16.1. The van der Waals surface area contributed by atoms with Crippen LogP contribution in [0.2, 0.25) is 0 Å². The molecule has 0 fully saturated rings. The second kappa shape index (κ2) is 7.47. The van der Waals surface area contributed by atoms with E-state index in [0.29, 0.717) is 22.4 Å². The molecular formula is C12H18N6O2S2. The zero-order valence-corrected chi connectivity index (χ0v) is 14.3. The number of amides is 1. The lowest BCUT2D eigenvalue weighted by atomic mass is 10.3. The molecule has 0 atom stereocenters. The minimum absolute atomic E-state index is 0.311. The van der Waals surface area contributed by atoms with Gasteiger partial charge >= 0.3 is 6.09 Å². The van der Waals surface area contributed by atoms with Gasteiger partial charge in [0.25, 0.3) is 0 Å². The summed E-state index contributed by atoms with van der Waals surface area (Å²) >= 11 is 6.49. The molecule has 8 nitrogen and oxygen atoms in total. The van der Waals surface area contributed by atoms with E-state index in [9.17, 15) is 4.79 Å². The van der Waals surface area contributed by atoms with Gasteiger partial charge in [0, 0.05) is 25.4 Å². The van der Waals surface area contributed by atoms with Gasteiger partial charge in [-0.05, 0) is 26.2 Å². The number of nitrogens with one attached hydrogen (secondary N) is 1. The standard InChI is InChI=1S/C12H18N6O2S2/c1-4-20-11(19)14-10-15-18(12(21)22-10)8-16(2)6-9-5-13-17(3)7-9/h5,7H,4,6,8H2,1-3H3,(H,14,15,19). The summed E-state index contributed by atoms with van der Waals surface area (Å²) in [7, 11) is 3.85. The number of ether oxygens (including phenoxy) is 1. The van der Waals surface area contributed by atoms with Gasteiger partial charge in [-0.3, -0.25) is 14.9 Å². The highest BCUT2D eigenvalue weighted by Gasteiger charge is 2.10. The van der Waals surface area contributed by atoms with Gasteiger partial charge in [0.05, 0.1) is 19.5 Å². The molecule has 2 rings (SSSR count). The molecule has 0 unspecified atom stereocenters. The van der Waals surface area contributed by atoms with Crippen LogP contribution in [-0.2, 0) is 25.0 Å².